The summed E-state index contributed by atoms with van der Waals surface area (Å²) in [6.07, 6.45) is 0.648. The van der Waals surface area contributed by atoms with Crippen molar-refractivity contribution >= 4 is 31.6 Å². The van der Waals surface area contributed by atoms with Gasteiger partial charge in [0.1, 0.15) is 11.5 Å². The zero-order valence-corrected chi connectivity index (χ0v) is 17.6. The Labute approximate surface area is 163 Å². The Morgan fingerprint density at radius 1 is 1.00 bits per heavy atom. The van der Waals surface area contributed by atoms with Crippen LogP contribution in [0.25, 0.3) is 0 Å². The van der Waals surface area contributed by atoms with Gasteiger partial charge in [-0.15, -0.1) is 0 Å². The van der Waals surface area contributed by atoms with Gasteiger partial charge in [0.05, 0.1) is 24.7 Å². The van der Waals surface area contributed by atoms with E-state index in [1.807, 2.05) is 44.2 Å². The SMILES string of the molecule is CCOc1cc(NS(=O)(=O)CC)c(OCC)cc1Cc1cccc(Br)c1. The third kappa shape index (κ3) is 5.64. The normalized spacial score (nSPS) is 11.2. The maximum Gasteiger partial charge on any atom is 0.232 e. The van der Waals surface area contributed by atoms with E-state index in [0.717, 1.165) is 15.6 Å². The van der Waals surface area contributed by atoms with Crippen molar-refractivity contribution in [1.29, 1.82) is 0 Å². The molecule has 0 saturated carbocycles. The summed E-state index contributed by atoms with van der Waals surface area (Å²) in [4.78, 5) is 0. The molecule has 0 aromatic heterocycles. The first kappa shape index (κ1) is 20.6. The molecule has 0 aliphatic heterocycles. The highest BCUT2D eigenvalue weighted by Gasteiger charge is 2.16. The molecule has 7 heteroatoms. The number of nitrogens with one attached hydrogen (secondary N) is 1. The first-order valence-electron chi connectivity index (χ1n) is 8.56. The lowest BCUT2D eigenvalue weighted by Crippen LogP contribution is -2.16. The van der Waals surface area contributed by atoms with E-state index in [4.69, 9.17) is 9.47 Å². The molecule has 26 heavy (non-hydrogen) atoms. The Morgan fingerprint density at radius 2 is 1.69 bits per heavy atom. The second-order valence-corrected chi connectivity index (χ2v) is 8.56. The molecule has 5 nitrogen and oxygen atoms in total. The molecule has 0 amide bonds. The lowest BCUT2D eigenvalue weighted by atomic mass is 10.0. The van der Waals surface area contributed by atoms with Crippen LogP contribution in [0, 0.1) is 0 Å². The quantitative estimate of drug-likeness (QED) is 0.617. The minimum Gasteiger partial charge on any atom is -0.494 e. The van der Waals surface area contributed by atoms with Gasteiger partial charge in [0.15, 0.2) is 0 Å². The van der Waals surface area contributed by atoms with E-state index in [-0.39, 0.29) is 5.75 Å². The summed E-state index contributed by atoms with van der Waals surface area (Å²) >= 11 is 3.48. The van der Waals surface area contributed by atoms with Crippen LogP contribution in [0.4, 0.5) is 5.69 Å². The summed E-state index contributed by atoms with van der Waals surface area (Å²) in [5.74, 6) is 1.13. The number of benzene rings is 2. The molecule has 0 saturated heterocycles. The molecule has 0 unspecified atom stereocenters. The Balaban J connectivity index is 2.47. The molecule has 0 aliphatic carbocycles. The predicted molar refractivity (Wildman–Crippen MR) is 109 cm³/mol. The summed E-state index contributed by atoms with van der Waals surface area (Å²) in [5.41, 5.74) is 2.45. The number of hydrogen-bond donors (Lipinski definition) is 1. The topological polar surface area (TPSA) is 64.6 Å². The summed E-state index contributed by atoms with van der Waals surface area (Å²) in [6.45, 7) is 6.27. The number of halogens is 1. The van der Waals surface area contributed by atoms with Crippen LogP contribution < -0.4 is 14.2 Å². The van der Waals surface area contributed by atoms with E-state index >= 15 is 0 Å². The highest BCUT2D eigenvalue weighted by molar-refractivity contribution is 9.10. The number of anilines is 1. The van der Waals surface area contributed by atoms with E-state index in [1.54, 1.807) is 13.0 Å². The summed E-state index contributed by atoms with van der Waals surface area (Å²) < 4.78 is 39.0. The van der Waals surface area contributed by atoms with Gasteiger partial charge in [-0.25, -0.2) is 8.42 Å². The lowest BCUT2D eigenvalue weighted by Gasteiger charge is -2.18. The highest BCUT2D eigenvalue weighted by Crippen LogP contribution is 2.35. The van der Waals surface area contributed by atoms with Gasteiger partial charge >= 0.3 is 0 Å². The summed E-state index contributed by atoms with van der Waals surface area (Å²) in [6, 6.07) is 11.6. The zero-order chi connectivity index (χ0) is 19.2. The van der Waals surface area contributed by atoms with Gasteiger partial charge in [0.2, 0.25) is 10.0 Å². The average Bonchev–Trinajstić information content (AvgIpc) is 2.59. The number of sulfonamides is 1. The number of hydrogen-bond acceptors (Lipinski definition) is 4. The summed E-state index contributed by atoms with van der Waals surface area (Å²) in [5, 5.41) is 0. The Hall–Kier alpha value is -1.73. The van der Waals surface area contributed by atoms with Crippen molar-refractivity contribution in [1.82, 2.24) is 0 Å². The molecule has 2 aromatic carbocycles. The molecule has 0 spiro atoms. The van der Waals surface area contributed by atoms with Crippen LogP contribution in [-0.2, 0) is 16.4 Å². The molecule has 0 aliphatic rings. The first-order valence-corrected chi connectivity index (χ1v) is 11.0. The Kier molecular flexibility index (Phi) is 7.34. The third-order valence-corrected chi connectivity index (χ3v) is 5.48. The van der Waals surface area contributed by atoms with Crippen LogP contribution >= 0.6 is 15.9 Å². The van der Waals surface area contributed by atoms with Gasteiger partial charge < -0.3 is 9.47 Å². The van der Waals surface area contributed by atoms with Gasteiger partial charge in [-0.1, -0.05) is 28.1 Å². The van der Waals surface area contributed by atoms with Crippen LogP contribution in [0.15, 0.2) is 40.9 Å². The van der Waals surface area contributed by atoms with E-state index in [2.05, 4.69) is 20.7 Å². The maximum absolute atomic E-state index is 12.0. The van der Waals surface area contributed by atoms with Crippen molar-refractivity contribution in [3.8, 4) is 11.5 Å². The second kappa shape index (κ2) is 9.28. The summed E-state index contributed by atoms with van der Waals surface area (Å²) in [7, 11) is -3.41. The van der Waals surface area contributed by atoms with Gasteiger partial charge in [-0.05, 0) is 44.5 Å². The van der Waals surface area contributed by atoms with E-state index in [1.165, 1.54) is 0 Å². The van der Waals surface area contributed by atoms with Crippen LogP contribution in [0.3, 0.4) is 0 Å². The van der Waals surface area contributed by atoms with E-state index in [0.29, 0.717) is 36.8 Å². The van der Waals surface area contributed by atoms with Gasteiger partial charge in [0.25, 0.3) is 0 Å². The molecular weight excluding hydrogens is 418 g/mol. The molecule has 0 fully saturated rings. The fraction of sp³-hybridized carbons (Fsp3) is 0.368. The third-order valence-electron chi connectivity index (χ3n) is 3.69. The van der Waals surface area contributed by atoms with Crippen molar-refractivity contribution in [2.45, 2.75) is 27.2 Å². The molecule has 2 rings (SSSR count). The van der Waals surface area contributed by atoms with Crippen LogP contribution in [0.5, 0.6) is 11.5 Å². The van der Waals surface area contributed by atoms with Crippen LogP contribution in [0.1, 0.15) is 31.9 Å². The fourth-order valence-corrected chi connectivity index (χ4v) is 3.58. The molecule has 0 bridgehead atoms. The molecule has 0 atom stereocenters. The second-order valence-electron chi connectivity index (χ2n) is 5.63. The van der Waals surface area contributed by atoms with Crippen molar-refractivity contribution in [3.63, 3.8) is 0 Å². The van der Waals surface area contributed by atoms with Gasteiger partial charge in [0, 0.05) is 22.5 Å². The van der Waals surface area contributed by atoms with E-state index < -0.39 is 10.0 Å². The zero-order valence-electron chi connectivity index (χ0n) is 15.2. The molecule has 0 radical (unpaired) electrons. The van der Waals surface area contributed by atoms with Crippen LogP contribution in [-0.4, -0.2) is 27.4 Å². The molecule has 142 valence electrons. The molecular formula is C19H24BrNO4S. The van der Waals surface area contributed by atoms with Gasteiger partial charge in [-0.2, -0.15) is 0 Å². The standard InChI is InChI=1S/C19H24BrNO4S/c1-4-24-18-13-17(21-26(22,23)6-3)19(25-5-2)12-15(18)10-14-8-7-9-16(20)11-14/h7-9,11-13,21H,4-6,10H2,1-3H3. The van der Waals surface area contributed by atoms with Crippen molar-refractivity contribution in [2.75, 3.05) is 23.7 Å². The highest BCUT2D eigenvalue weighted by atomic mass is 79.9. The molecule has 1 N–H and O–H groups in total. The molecule has 0 heterocycles. The van der Waals surface area contributed by atoms with Gasteiger partial charge in [-0.3, -0.25) is 4.72 Å². The lowest BCUT2D eigenvalue weighted by molar-refractivity contribution is 0.329. The van der Waals surface area contributed by atoms with E-state index in [9.17, 15) is 8.42 Å². The minimum absolute atomic E-state index is 0.0116. The first-order chi connectivity index (χ1) is 12.4. The number of rotatable bonds is 9. The van der Waals surface area contributed by atoms with Crippen molar-refractivity contribution < 1.29 is 17.9 Å². The fourth-order valence-electron chi connectivity index (χ4n) is 2.49. The Bertz CT molecular complexity index is 853. The smallest absolute Gasteiger partial charge is 0.232 e. The van der Waals surface area contributed by atoms with Crippen LogP contribution in [0.2, 0.25) is 0 Å². The minimum atomic E-state index is -3.41. The average molecular weight is 442 g/mol. The monoisotopic (exact) mass is 441 g/mol. The predicted octanol–water partition coefficient (Wildman–Crippen LogP) is 4.60. The largest absolute Gasteiger partial charge is 0.494 e. The van der Waals surface area contributed by atoms with Crippen molar-refractivity contribution in [3.05, 3.63) is 52.0 Å². The maximum atomic E-state index is 12.0. The molecule has 2 aromatic rings. The Morgan fingerprint density at radius 3 is 2.31 bits per heavy atom. The van der Waals surface area contributed by atoms with Crippen molar-refractivity contribution in [2.24, 2.45) is 0 Å². The number of ether oxygens (including phenoxy) is 2.